The van der Waals surface area contributed by atoms with Crippen LogP contribution in [0, 0.1) is 0 Å². The standard InChI is InChI=1S/C22H21N7O6S2/c1-2-6-35-27-14(13-10-37-22(24)25-13)18(31)26-15-19(32)29-16(21(33)34)12(9-36-20(15)29)8-28-5-3-4-11(7-28)17(23)30/h2-5,7,10,15,20H,1,6,8-9H2,(H5-,23,24,25,26,30,31,33,34)/t15?,20-/m0/s1. The number of thiazole rings is 1. The number of carboxylic acid groups (broad SMARTS) is 1. The molecule has 37 heavy (non-hydrogen) atoms. The number of aliphatic carboxylic acids is 1. The molecule has 0 aromatic carbocycles. The number of primary amides is 1. The highest BCUT2D eigenvalue weighted by Gasteiger charge is 2.53. The summed E-state index contributed by atoms with van der Waals surface area (Å²) in [5.41, 5.74) is 11.3. The highest BCUT2D eigenvalue weighted by Crippen LogP contribution is 2.40. The van der Waals surface area contributed by atoms with E-state index in [0.29, 0.717) is 5.57 Å². The normalized spacial score (nSPS) is 19.1. The molecule has 192 valence electrons. The maximum atomic E-state index is 13.0. The van der Waals surface area contributed by atoms with Gasteiger partial charge in [-0.05, 0) is 6.07 Å². The summed E-state index contributed by atoms with van der Waals surface area (Å²) in [5, 5.41) is 19.5. The van der Waals surface area contributed by atoms with Crippen LogP contribution >= 0.6 is 23.1 Å². The molecule has 2 aromatic heterocycles. The second kappa shape index (κ2) is 10.8. The second-order valence-corrected chi connectivity index (χ2v) is 9.82. The smallest absolute Gasteiger partial charge is 0.276 e. The topological polar surface area (TPSA) is 197 Å². The average Bonchev–Trinajstić information content (AvgIpc) is 3.30. The number of hydrogen-bond acceptors (Lipinski definition) is 11. The monoisotopic (exact) mass is 543 g/mol. The van der Waals surface area contributed by atoms with E-state index in [1.54, 1.807) is 16.8 Å². The first-order chi connectivity index (χ1) is 17.7. The lowest BCUT2D eigenvalue weighted by Gasteiger charge is -2.50. The number of rotatable bonds is 10. The highest BCUT2D eigenvalue weighted by atomic mass is 32.2. The number of anilines is 1. The van der Waals surface area contributed by atoms with Gasteiger partial charge in [0.2, 0.25) is 0 Å². The summed E-state index contributed by atoms with van der Waals surface area (Å²) in [7, 11) is 0. The maximum Gasteiger partial charge on any atom is 0.276 e. The van der Waals surface area contributed by atoms with Crippen molar-refractivity contribution in [2.75, 3.05) is 18.1 Å². The number of carbonyl (C=O) groups is 4. The van der Waals surface area contributed by atoms with Crippen molar-refractivity contribution in [1.29, 1.82) is 0 Å². The number of nitrogens with zero attached hydrogens (tertiary/aromatic N) is 4. The summed E-state index contributed by atoms with van der Waals surface area (Å²) in [5.74, 6) is -3.28. The number of nitrogen functional groups attached to an aromatic ring is 1. The van der Waals surface area contributed by atoms with Gasteiger partial charge in [-0.3, -0.25) is 19.3 Å². The van der Waals surface area contributed by atoms with Crippen LogP contribution in [0.15, 0.2) is 59.0 Å². The molecule has 0 radical (unpaired) electrons. The van der Waals surface area contributed by atoms with Crippen molar-refractivity contribution in [2.45, 2.75) is 18.0 Å². The van der Waals surface area contributed by atoms with E-state index in [9.17, 15) is 24.3 Å². The molecule has 5 N–H and O–H groups in total. The summed E-state index contributed by atoms with van der Waals surface area (Å²) >= 11 is 2.38. The van der Waals surface area contributed by atoms with Gasteiger partial charge in [-0.25, -0.2) is 9.55 Å². The second-order valence-electron chi connectivity index (χ2n) is 7.83. The van der Waals surface area contributed by atoms with Crippen molar-refractivity contribution in [3.05, 3.63) is 65.1 Å². The molecule has 15 heteroatoms. The summed E-state index contributed by atoms with van der Waals surface area (Å²) in [4.78, 5) is 59.7. The van der Waals surface area contributed by atoms with Gasteiger partial charge in [0.1, 0.15) is 29.3 Å². The van der Waals surface area contributed by atoms with Gasteiger partial charge < -0.3 is 31.5 Å². The number of amides is 3. The quantitative estimate of drug-likeness (QED) is 0.0767. The summed E-state index contributed by atoms with van der Waals surface area (Å²) < 4.78 is 1.59. The van der Waals surface area contributed by atoms with Gasteiger partial charge >= 0.3 is 0 Å². The van der Waals surface area contributed by atoms with E-state index >= 15 is 0 Å². The fraction of sp³-hybridized carbons (Fsp3) is 0.227. The molecular formula is C22H21N7O6S2. The Balaban J connectivity index is 1.54. The molecule has 4 rings (SSSR count). The predicted molar refractivity (Wildman–Crippen MR) is 131 cm³/mol. The molecule has 2 aliphatic rings. The molecule has 0 aliphatic carbocycles. The zero-order chi connectivity index (χ0) is 26.7. The zero-order valence-electron chi connectivity index (χ0n) is 19.2. The molecule has 13 nitrogen and oxygen atoms in total. The van der Waals surface area contributed by atoms with Gasteiger partial charge in [0.15, 0.2) is 29.8 Å². The Kier molecular flexibility index (Phi) is 7.54. The minimum absolute atomic E-state index is 0.0356. The molecule has 0 bridgehead atoms. The fourth-order valence-corrected chi connectivity index (χ4v) is 5.63. The Morgan fingerprint density at radius 1 is 1.43 bits per heavy atom. The van der Waals surface area contributed by atoms with Crippen LogP contribution in [-0.2, 0) is 25.8 Å². The van der Waals surface area contributed by atoms with Crippen LogP contribution in [0.2, 0.25) is 0 Å². The molecule has 0 spiro atoms. The van der Waals surface area contributed by atoms with E-state index < -0.39 is 35.1 Å². The number of nitrogens with one attached hydrogen (secondary N) is 1. The van der Waals surface area contributed by atoms with Crippen molar-refractivity contribution in [1.82, 2.24) is 15.2 Å². The lowest BCUT2D eigenvalue weighted by molar-refractivity contribution is -0.689. The van der Waals surface area contributed by atoms with E-state index in [0.717, 1.165) is 16.2 Å². The minimum Gasteiger partial charge on any atom is -0.543 e. The molecular weight excluding hydrogens is 522 g/mol. The molecule has 1 unspecified atom stereocenters. The number of hydrogen-bond donors (Lipinski definition) is 3. The first-order valence-electron chi connectivity index (χ1n) is 10.7. The molecule has 2 aromatic rings. The largest absolute Gasteiger partial charge is 0.543 e. The number of fused-ring (bicyclic) bond motifs is 1. The first kappa shape index (κ1) is 25.8. The van der Waals surface area contributed by atoms with E-state index in [1.165, 1.54) is 35.5 Å². The molecule has 3 amide bonds. The Bertz CT molecular complexity index is 1350. The lowest BCUT2D eigenvalue weighted by Crippen LogP contribution is -2.71. The van der Waals surface area contributed by atoms with E-state index in [4.69, 9.17) is 16.3 Å². The van der Waals surface area contributed by atoms with Crippen molar-refractivity contribution in [3.63, 3.8) is 0 Å². The molecule has 4 heterocycles. The third-order valence-corrected chi connectivity index (χ3v) is 7.38. The Morgan fingerprint density at radius 2 is 2.22 bits per heavy atom. The third kappa shape index (κ3) is 5.31. The van der Waals surface area contributed by atoms with Crippen LogP contribution in [-0.4, -0.2) is 63.1 Å². The van der Waals surface area contributed by atoms with E-state index in [2.05, 4.69) is 22.0 Å². The number of nitrogens with two attached hydrogens (primary N) is 2. The number of thioether (sulfide) groups is 1. The molecule has 2 atom stereocenters. The van der Waals surface area contributed by atoms with Crippen LogP contribution in [0.5, 0.6) is 0 Å². The van der Waals surface area contributed by atoms with Crippen molar-refractivity contribution < 1.29 is 33.7 Å². The number of carbonyl (C=O) groups excluding carboxylic acids is 4. The molecule has 0 saturated carbocycles. The van der Waals surface area contributed by atoms with E-state index in [1.807, 2.05) is 0 Å². The predicted octanol–water partition coefficient (Wildman–Crippen LogP) is -1.88. The third-order valence-electron chi connectivity index (χ3n) is 5.37. The number of β-lactam (4-membered cyclic amide) rings is 1. The fourth-order valence-electron chi connectivity index (χ4n) is 3.74. The Morgan fingerprint density at radius 3 is 2.86 bits per heavy atom. The SMILES string of the molecule is C=CCON=C(C(=O)NC1C(=O)N2C(C(=O)[O-])=C(C[n+]3cccc(C(N)=O)c3)CS[C@@H]12)c1csc(N)n1. The van der Waals surface area contributed by atoms with Crippen LogP contribution in [0.4, 0.5) is 5.13 Å². The lowest BCUT2D eigenvalue weighted by atomic mass is 10.0. The summed E-state index contributed by atoms with van der Waals surface area (Å²) in [6.07, 6.45) is 4.57. The van der Waals surface area contributed by atoms with Crippen LogP contribution in [0.1, 0.15) is 16.1 Å². The number of aromatic nitrogens is 2. The molecule has 1 fully saturated rings. The summed E-state index contributed by atoms with van der Waals surface area (Å²) in [6.45, 7) is 3.64. The average molecular weight is 544 g/mol. The van der Waals surface area contributed by atoms with Gasteiger partial charge in [0.05, 0.1) is 11.7 Å². The number of pyridine rings is 1. The van der Waals surface area contributed by atoms with Crippen molar-refractivity contribution >= 4 is 57.6 Å². The number of oxime groups is 1. The minimum atomic E-state index is -1.52. The molecule has 2 aliphatic heterocycles. The van der Waals surface area contributed by atoms with E-state index in [-0.39, 0.29) is 46.7 Å². The zero-order valence-corrected chi connectivity index (χ0v) is 20.8. The first-order valence-corrected chi connectivity index (χ1v) is 12.6. The summed E-state index contributed by atoms with van der Waals surface area (Å²) in [6, 6.07) is 2.12. The molecule has 1 saturated heterocycles. The van der Waals surface area contributed by atoms with Crippen molar-refractivity contribution in [2.24, 2.45) is 10.9 Å². The van der Waals surface area contributed by atoms with Crippen LogP contribution in [0.3, 0.4) is 0 Å². The van der Waals surface area contributed by atoms with Gasteiger partial charge in [-0.2, -0.15) is 0 Å². The Labute approximate surface area is 218 Å². The highest BCUT2D eigenvalue weighted by molar-refractivity contribution is 8.00. The van der Waals surface area contributed by atoms with Gasteiger partial charge in [0, 0.05) is 22.8 Å². The van der Waals surface area contributed by atoms with Gasteiger partial charge in [-0.15, -0.1) is 23.1 Å². The van der Waals surface area contributed by atoms with Crippen LogP contribution in [0.25, 0.3) is 0 Å². The van der Waals surface area contributed by atoms with Crippen molar-refractivity contribution in [3.8, 4) is 0 Å². The Hall–Kier alpha value is -4.24. The maximum absolute atomic E-state index is 13.0. The van der Waals surface area contributed by atoms with Gasteiger partial charge in [-0.1, -0.05) is 17.8 Å². The van der Waals surface area contributed by atoms with Gasteiger partial charge in [0.25, 0.3) is 17.7 Å². The van der Waals surface area contributed by atoms with Crippen LogP contribution < -0.4 is 26.5 Å². The number of carboxylic acids is 1.